The maximum atomic E-state index is 14.4. The number of halogens is 2. The van der Waals surface area contributed by atoms with Gasteiger partial charge in [0, 0.05) is 16.0 Å². The summed E-state index contributed by atoms with van der Waals surface area (Å²) in [5, 5.41) is 18.4. The number of benzene rings is 1. The van der Waals surface area contributed by atoms with Gasteiger partial charge in [0.2, 0.25) is 0 Å². The molecule has 148 valence electrons. The number of nitrogens with zero attached hydrogens (tertiary/aromatic N) is 2. The maximum absolute atomic E-state index is 14.4. The van der Waals surface area contributed by atoms with Gasteiger partial charge in [-0.15, -0.1) is 11.3 Å². The fourth-order valence-corrected chi connectivity index (χ4v) is 6.17. The average molecular weight is 423 g/mol. The Kier molecular flexibility index (Phi) is 5.05. The lowest BCUT2D eigenvalue weighted by atomic mass is 9.92. The van der Waals surface area contributed by atoms with Crippen molar-refractivity contribution in [2.45, 2.75) is 44.1 Å². The molecule has 1 aliphatic heterocycles. The third-order valence-corrected chi connectivity index (χ3v) is 7.55. The first-order valence-electron chi connectivity index (χ1n) is 9.15. The van der Waals surface area contributed by atoms with Gasteiger partial charge in [-0.05, 0) is 54.8 Å². The molecule has 1 aromatic carbocycles. The SMILES string of the molecule is CC(C)[C@H](O)C(=O)N1N=C(c2cc(F)ccc2F)SC12CCCc1sccc12. The molecule has 0 saturated carbocycles. The Morgan fingerprint density at radius 3 is 2.86 bits per heavy atom. The Bertz CT molecular complexity index is 959. The lowest BCUT2D eigenvalue weighted by Crippen LogP contribution is -2.48. The summed E-state index contributed by atoms with van der Waals surface area (Å²) < 4.78 is 28.2. The number of thioether (sulfide) groups is 1. The van der Waals surface area contributed by atoms with Crippen LogP contribution in [0.5, 0.6) is 0 Å². The first-order valence-corrected chi connectivity index (χ1v) is 10.8. The van der Waals surface area contributed by atoms with Crippen LogP contribution in [-0.4, -0.2) is 27.2 Å². The van der Waals surface area contributed by atoms with Crippen LogP contribution in [0.1, 0.15) is 42.7 Å². The van der Waals surface area contributed by atoms with Crippen LogP contribution >= 0.6 is 23.1 Å². The summed E-state index contributed by atoms with van der Waals surface area (Å²) >= 11 is 2.89. The maximum Gasteiger partial charge on any atom is 0.273 e. The van der Waals surface area contributed by atoms with Gasteiger partial charge in [-0.3, -0.25) is 4.79 Å². The van der Waals surface area contributed by atoms with Crippen LogP contribution in [0.2, 0.25) is 0 Å². The average Bonchev–Trinajstić information content (AvgIpc) is 3.29. The Hall–Kier alpha value is -1.77. The molecule has 8 heteroatoms. The number of fused-ring (bicyclic) bond motifs is 2. The number of thiophene rings is 1. The molecule has 0 radical (unpaired) electrons. The second-order valence-corrected chi connectivity index (χ2v) is 9.63. The monoisotopic (exact) mass is 422 g/mol. The molecule has 1 aromatic heterocycles. The molecule has 28 heavy (non-hydrogen) atoms. The minimum absolute atomic E-state index is 0.0288. The van der Waals surface area contributed by atoms with Crippen LogP contribution in [0, 0.1) is 17.6 Å². The van der Waals surface area contributed by atoms with Crippen LogP contribution in [0.4, 0.5) is 8.78 Å². The van der Waals surface area contributed by atoms with Crippen molar-refractivity contribution in [2.24, 2.45) is 11.0 Å². The molecule has 0 bridgehead atoms. The largest absolute Gasteiger partial charge is 0.383 e. The van der Waals surface area contributed by atoms with Crippen molar-refractivity contribution in [3.05, 3.63) is 57.3 Å². The Morgan fingerprint density at radius 1 is 1.32 bits per heavy atom. The molecule has 4 nitrogen and oxygen atoms in total. The van der Waals surface area contributed by atoms with Crippen LogP contribution in [0.25, 0.3) is 0 Å². The van der Waals surface area contributed by atoms with Gasteiger partial charge >= 0.3 is 0 Å². The molecule has 0 fully saturated rings. The number of aryl methyl sites for hydroxylation is 1. The molecule has 2 atom stereocenters. The normalized spacial score (nSPS) is 22.5. The summed E-state index contributed by atoms with van der Waals surface area (Å²) in [4.78, 5) is 13.4. The molecule has 2 heterocycles. The lowest BCUT2D eigenvalue weighted by molar-refractivity contribution is -0.146. The number of amides is 1. The molecule has 4 rings (SSSR count). The number of carbonyl (C=O) groups is 1. The van der Waals surface area contributed by atoms with Gasteiger partial charge in [0.25, 0.3) is 5.91 Å². The number of hydrazone groups is 1. The van der Waals surface area contributed by atoms with Crippen molar-refractivity contribution in [2.75, 3.05) is 0 Å². The molecule has 0 saturated heterocycles. The number of hydrogen-bond donors (Lipinski definition) is 1. The van der Waals surface area contributed by atoms with Gasteiger partial charge in [0.05, 0.1) is 0 Å². The van der Waals surface area contributed by atoms with Crippen molar-refractivity contribution in [1.29, 1.82) is 0 Å². The molecule has 2 aliphatic rings. The number of aliphatic hydroxyl groups excluding tert-OH is 1. The Labute approximate surface area is 170 Å². The lowest BCUT2D eigenvalue weighted by Gasteiger charge is -2.39. The van der Waals surface area contributed by atoms with Gasteiger partial charge in [-0.2, -0.15) is 5.10 Å². The first kappa shape index (κ1) is 19.5. The Balaban J connectivity index is 1.84. The van der Waals surface area contributed by atoms with Crippen LogP contribution < -0.4 is 0 Å². The van der Waals surface area contributed by atoms with Crippen molar-refractivity contribution < 1.29 is 18.7 Å². The van der Waals surface area contributed by atoms with Gasteiger partial charge in [-0.25, -0.2) is 13.8 Å². The summed E-state index contributed by atoms with van der Waals surface area (Å²) in [6, 6.07) is 5.18. The highest BCUT2D eigenvalue weighted by Gasteiger charge is 2.52. The smallest absolute Gasteiger partial charge is 0.273 e. The molecule has 1 spiro atoms. The summed E-state index contributed by atoms with van der Waals surface area (Å²) in [6.45, 7) is 3.51. The van der Waals surface area contributed by atoms with E-state index in [0.717, 1.165) is 41.5 Å². The highest BCUT2D eigenvalue weighted by atomic mass is 32.2. The minimum atomic E-state index is -1.22. The molecule has 1 N–H and O–H groups in total. The molecule has 1 aliphatic carbocycles. The van der Waals surface area contributed by atoms with Gasteiger partial charge < -0.3 is 5.11 Å². The third-order valence-electron chi connectivity index (χ3n) is 5.14. The van der Waals surface area contributed by atoms with Gasteiger partial charge in [0.1, 0.15) is 27.7 Å². The molecule has 1 amide bonds. The fraction of sp³-hybridized carbons (Fsp3) is 0.400. The topological polar surface area (TPSA) is 52.9 Å². The Morgan fingerprint density at radius 2 is 2.11 bits per heavy atom. The van der Waals surface area contributed by atoms with Crippen LogP contribution in [0.3, 0.4) is 0 Å². The zero-order valence-electron chi connectivity index (χ0n) is 15.5. The first-order chi connectivity index (χ1) is 13.3. The quantitative estimate of drug-likeness (QED) is 0.794. The van der Waals surface area contributed by atoms with E-state index >= 15 is 0 Å². The summed E-state index contributed by atoms with van der Waals surface area (Å²) in [5.41, 5.74) is 0.995. The fourth-order valence-electron chi connectivity index (χ4n) is 3.63. The van der Waals surface area contributed by atoms with E-state index in [4.69, 9.17) is 0 Å². The number of carbonyl (C=O) groups excluding carboxylic acids is 1. The highest BCUT2D eigenvalue weighted by molar-refractivity contribution is 8.15. The van der Waals surface area contributed by atoms with E-state index in [2.05, 4.69) is 5.10 Å². The van der Waals surface area contributed by atoms with E-state index in [1.165, 1.54) is 16.8 Å². The zero-order chi connectivity index (χ0) is 20.1. The van der Waals surface area contributed by atoms with Gasteiger partial charge in [-0.1, -0.05) is 25.6 Å². The van der Waals surface area contributed by atoms with Crippen molar-refractivity contribution >= 4 is 34.0 Å². The minimum Gasteiger partial charge on any atom is -0.383 e. The predicted molar refractivity (Wildman–Crippen MR) is 107 cm³/mol. The molecule has 1 unspecified atom stereocenters. The van der Waals surface area contributed by atoms with E-state index in [1.807, 2.05) is 11.4 Å². The summed E-state index contributed by atoms with van der Waals surface area (Å²) in [7, 11) is 0. The van der Waals surface area contributed by atoms with Crippen molar-refractivity contribution in [3.8, 4) is 0 Å². The molecule has 2 aromatic rings. The van der Waals surface area contributed by atoms with Crippen molar-refractivity contribution in [1.82, 2.24) is 5.01 Å². The predicted octanol–water partition coefficient (Wildman–Crippen LogP) is 4.47. The second kappa shape index (κ2) is 7.24. The van der Waals surface area contributed by atoms with E-state index in [9.17, 15) is 18.7 Å². The summed E-state index contributed by atoms with van der Waals surface area (Å²) in [5.74, 6) is -1.97. The van der Waals surface area contributed by atoms with Crippen LogP contribution in [0.15, 0.2) is 34.7 Å². The second-order valence-electron chi connectivity index (χ2n) is 7.37. The van der Waals surface area contributed by atoms with E-state index in [0.29, 0.717) is 6.42 Å². The highest BCUT2D eigenvalue weighted by Crippen LogP contribution is 2.55. The third kappa shape index (κ3) is 3.07. The number of aliphatic hydroxyl groups is 1. The number of rotatable bonds is 3. The zero-order valence-corrected chi connectivity index (χ0v) is 17.1. The van der Waals surface area contributed by atoms with E-state index in [-0.39, 0.29) is 16.5 Å². The molecular weight excluding hydrogens is 402 g/mol. The molecular formula is C20H20F2N2O2S2. The van der Waals surface area contributed by atoms with Gasteiger partial charge in [0.15, 0.2) is 0 Å². The van der Waals surface area contributed by atoms with Crippen molar-refractivity contribution in [3.63, 3.8) is 0 Å². The number of hydrogen-bond acceptors (Lipinski definition) is 5. The summed E-state index contributed by atoms with van der Waals surface area (Å²) in [6.07, 6.45) is 1.16. The van der Waals surface area contributed by atoms with Crippen LogP contribution in [-0.2, 0) is 16.1 Å². The van der Waals surface area contributed by atoms with E-state index in [1.54, 1.807) is 25.2 Å². The van der Waals surface area contributed by atoms with E-state index < -0.39 is 28.5 Å². The standard InChI is InChI=1S/C20H20F2N2O2S2/c1-11(2)17(25)19(26)24-20(8-3-4-16-14(20)7-9-27-16)28-18(23-24)13-10-12(21)5-6-15(13)22/h5-7,9-11,17,25H,3-4,8H2,1-2H3/t17-,20?/m0/s1.